The predicted octanol–water partition coefficient (Wildman–Crippen LogP) is 2.05. The number of rotatable bonds is 3. The van der Waals surface area contributed by atoms with Crippen LogP contribution in [0.2, 0.25) is 0 Å². The first-order chi connectivity index (χ1) is 10.4. The zero-order chi connectivity index (χ0) is 15.8. The SMILES string of the molecule is C[C@]1(NC(=O)Nc2ccc(C3CCC3)cn2)CCS(=O)(=O)C1. The first kappa shape index (κ1) is 15.3. The highest BCUT2D eigenvalue weighted by Crippen LogP contribution is 2.36. The van der Waals surface area contributed by atoms with Crippen molar-refractivity contribution in [2.75, 3.05) is 16.8 Å². The molecule has 22 heavy (non-hydrogen) atoms. The van der Waals surface area contributed by atoms with Crippen LogP contribution < -0.4 is 10.6 Å². The second-order valence-electron chi connectivity index (χ2n) is 6.59. The summed E-state index contributed by atoms with van der Waals surface area (Å²) in [6.45, 7) is 1.75. The second kappa shape index (κ2) is 5.53. The summed E-state index contributed by atoms with van der Waals surface area (Å²) >= 11 is 0. The zero-order valence-electron chi connectivity index (χ0n) is 12.6. The number of nitrogens with zero attached hydrogens (tertiary/aromatic N) is 1. The van der Waals surface area contributed by atoms with Gasteiger partial charge >= 0.3 is 6.03 Å². The Bertz CT molecular complexity index is 668. The number of carbonyl (C=O) groups is 1. The number of aromatic nitrogens is 1. The van der Waals surface area contributed by atoms with E-state index in [0.29, 0.717) is 18.2 Å². The van der Waals surface area contributed by atoms with E-state index in [4.69, 9.17) is 0 Å². The first-order valence-corrected chi connectivity index (χ1v) is 9.43. The van der Waals surface area contributed by atoms with Gasteiger partial charge in [0, 0.05) is 6.20 Å². The molecule has 1 saturated heterocycles. The molecule has 3 rings (SSSR count). The normalized spacial score (nSPS) is 27.1. The quantitative estimate of drug-likeness (QED) is 0.891. The van der Waals surface area contributed by atoms with Gasteiger partial charge < -0.3 is 5.32 Å². The van der Waals surface area contributed by atoms with Crippen LogP contribution in [0.3, 0.4) is 0 Å². The Morgan fingerprint density at radius 2 is 2.14 bits per heavy atom. The third-order valence-electron chi connectivity index (χ3n) is 4.52. The van der Waals surface area contributed by atoms with Gasteiger partial charge in [-0.2, -0.15) is 0 Å². The van der Waals surface area contributed by atoms with Crippen molar-refractivity contribution < 1.29 is 13.2 Å². The van der Waals surface area contributed by atoms with E-state index in [9.17, 15) is 13.2 Å². The van der Waals surface area contributed by atoms with Gasteiger partial charge in [-0.1, -0.05) is 12.5 Å². The molecule has 1 saturated carbocycles. The fourth-order valence-corrected chi connectivity index (χ4v) is 5.09. The maximum absolute atomic E-state index is 12.0. The van der Waals surface area contributed by atoms with Gasteiger partial charge in [-0.25, -0.2) is 18.2 Å². The summed E-state index contributed by atoms with van der Waals surface area (Å²) in [7, 11) is -3.04. The minimum Gasteiger partial charge on any atom is -0.332 e. The van der Waals surface area contributed by atoms with Crippen molar-refractivity contribution in [2.24, 2.45) is 0 Å². The summed E-state index contributed by atoms with van der Waals surface area (Å²) in [4.78, 5) is 16.3. The lowest BCUT2D eigenvalue weighted by Crippen LogP contribution is -2.48. The lowest BCUT2D eigenvalue weighted by molar-refractivity contribution is 0.242. The molecule has 0 bridgehead atoms. The van der Waals surface area contributed by atoms with Gasteiger partial charge in [-0.3, -0.25) is 5.32 Å². The number of amides is 2. The highest BCUT2D eigenvalue weighted by atomic mass is 32.2. The molecule has 1 atom stereocenters. The van der Waals surface area contributed by atoms with Gasteiger partial charge in [0.25, 0.3) is 0 Å². The van der Waals surface area contributed by atoms with Gasteiger partial charge in [-0.15, -0.1) is 0 Å². The van der Waals surface area contributed by atoms with Crippen LogP contribution in [0.25, 0.3) is 0 Å². The molecule has 0 radical (unpaired) electrons. The molecule has 1 aliphatic carbocycles. The van der Waals surface area contributed by atoms with Crippen molar-refractivity contribution in [3.63, 3.8) is 0 Å². The van der Waals surface area contributed by atoms with Crippen molar-refractivity contribution in [1.29, 1.82) is 0 Å². The molecule has 120 valence electrons. The molecule has 2 heterocycles. The summed E-state index contributed by atoms with van der Waals surface area (Å²) in [5, 5.41) is 5.42. The molecule has 2 fully saturated rings. The monoisotopic (exact) mass is 323 g/mol. The maximum Gasteiger partial charge on any atom is 0.320 e. The number of hydrogen-bond acceptors (Lipinski definition) is 4. The lowest BCUT2D eigenvalue weighted by atomic mass is 9.81. The number of carbonyl (C=O) groups excluding carboxylic acids is 1. The highest BCUT2D eigenvalue weighted by Gasteiger charge is 2.39. The van der Waals surface area contributed by atoms with Gasteiger partial charge in [0.2, 0.25) is 0 Å². The average Bonchev–Trinajstić information content (AvgIpc) is 2.63. The smallest absolute Gasteiger partial charge is 0.320 e. The van der Waals surface area contributed by atoms with Gasteiger partial charge in [0.05, 0.1) is 17.0 Å². The van der Waals surface area contributed by atoms with Crippen LogP contribution in [0.15, 0.2) is 18.3 Å². The number of pyridine rings is 1. The second-order valence-corrected chi connectivity index (χ2v) is 8.77. The number of nitrogens with one attached hydrogen (secondary N) is 2. The summed E-state index contributed by atoms with van der Waals surface area (Å²) in [6, 6.07) is 3.37. The van der Waals surface area contributed by atoms with Gasteiger partial charge in [-0.05, 0) is 43.7 Å². The molecule has 1 aromatic heterocycles. The fraction of sp³-hybridized carbons (Fsp3) is 0.600. The van der Waals surface area contributed by atoms with Crippen molar-refractivity contribution in [1.82, 2.24) is 10.3 Å². The van der Waals surface area contributed by atoms with Crippen molar-refractivity contribution >= 4 is 21.7 Å². The van der Waals surface area contributed by atoms with Gasteiger partial charge in [0.1, 0.15) is 5.82 Å². The number of hydrogen-bond donors (Lipinski definition) is 2. The Kier molecular flexibility index (Phi) is 3.84. The Morgan fingerprint density at radius 1 is 1.36 bits per heavy atom. The van der Waals surface area contributed by atoms with Crippen molar-refractivity contribution in [2.45, 2.75) is 44.1 Å². The molecule has 2 N–H and O–H groups in total. The minimum absolute atomic E-state index is 0.0124. The van der Waals surface area contributed by atoms with E-state index in [0.717, 1.165) is 0 Å². The van der Waals surface area contributed by atoms with Crippen LogP contribution in [0.4, 0.5) is 10.6 Å². The number of urea groups is 1. The molecule has 0 aromatic carbocycles. The third-order valence-corrected chi connectivity index (χ3v) is 6.43. The van der Waals surface area contributed by atoms with E-state index in [1.807, 2.05) is 6.07 Å². The van der Waals surface area contributed by atoms with E-state index < -0.39 is 21.4 Å². The standard InChI is InChI=1S/C15H21N3O3S/c1-15(7-8-22(20,21)10-15)18-14(19)17-13-6-5-12(9-16-13)11-3-2-4-11/h5-6,9,11H,2-4,7-8,10H2,1H3,(H2,16,17,18,19)/t15-/m0/s1. The summed E-state index contributed by atoms with van der Waals surface area (Å²) < 4.78 is 23.1. The van der Waals surface area contributed by atoms with E-state index in [-0.39, 0.29) is 11.5 Å². The van der Waals surface area contributed by atoms with E-state index in [2.05, 4.69) is 15.6 Å². The molecule has 1 aliphatic heterocycles. The maximum atomic E-state index is 12.0. The predicted molar refractivity (Wildman–Crippen MR) is 84.7 cm³/mol. The Morgan fingerprint density at radius 3 is 2.64 bits per heavy atom. The number of sulfone groups is 1. The zero-order valence-corrected chi connectivity index (χ0v) is 13.4. The van der Waals surface area contributed by atoms with Crippen LogP contribution in [0.5, 0.6) is 0 Å². The van der Waals surface area contributed by atoms with Crippen LogP contribution in [0, 0.1) is 0 Å². The average molecular weight is 323 g/mol. The van der Waals surface area contributed by atoms with E-state index in [1.54, 1.807) is 19.2 Å². The van der Waals surface area contributed by atoms with Crippen LogP contribution >= 0.6 is 0 Å². The van der Waals surface area contributed by atoms with Gasteiger partial charge in [0.15, 0.2) is 9.84 Å². The summed E-state index contributed by atoms with van der Waals surface area (Å²) in [5.74, 6) is 1.20. The van der Waals surface area contributed by atoms with E-state index in [1.165, 1.54) is 24.8 Å². The molecule has 7 heteroatoms. The molecule has 1 aromatic rings. The third kappa shape index (κ3) is 3.40. The Balaban J connectivity index is 1.57. The highest BCUT2D eigenvalue weighted by molar-refractivity contribution is 7.91. The molecule has 0 unspecified atom stereocenters. The van der Waals surface area contributed by atoms with Crippen LogP contribution in [-0.2, 0) is 9.84 Å². The van der Waals surface area contributed by atoms with Crippen molar-refractivity contribution in [3.05, 3.63) is 23.9 Å². The molecular formula is C15H21N3O3S. The van der Waals surface area contributed by atoms with E-state index >= 15 is 0 Å². The largest absolute Gasteiger partial charge is 0.332 e. The molecular weight excluding hydrogens is 302 g/mol. The molecule has 6 nitrogen and oxygen atoms in total. The van der Waals surface area contributed by atoms with Crippen molar-refractivity contribution in [3.8, 4) is 0 Å². The molecule has 2 aliphatic rings. The topological polar surface area (TPSA) is 88.2 Å². The Labute approximate surface area is 130 Å². The fourth-order valence-electron chi connectivity index (χ4n) is 2.99. The lowest BCUT2D eigenvalue weighted by Gasteiger charge is -2.25. The minimum atomic E-state index is -3.04. The summed E-state index contributed by atoms with van der Waals surface area (Å²) in [6.07, 6.45) is 5.94. The molecule has 2 amide bonds. The van der Waals surface area contributed by atoms with Crippen LogP contribution in [0.1, 0.15) is 44.1 Å². The summed E-state index contributed by atoms with van der Waals surface area (Å²) in [5.41, 5.74) is 0.514. The van der Waals surface area contributed by atoms with Crippen LogP contribution in [-0.4, -0.2) is 36.5 Å². The molecule has 0 spiro atoms. The Hall–Kier alpha value is -1.63. The first-order valence-electron chi connectivity index (χ1n) is 7.61. The number of anilines is 1.